The van der Waals surface area contributed by atoms with Gasteiger partial charge >= 0.3 is 0 Å². The number of hydrogen-bond donors (Lipinski definition) is 0. The molecule has 11 aromatic carbocycles. The highest BCUT2D eigenvalue weighted by atomic mass is 15.1. The second-order valence-corrected chi connectivity index (χ2v) is 18.3. The monoisotopic (exact) mass is 877 g/mol. The van der Waals surface area contributed by atoms with E-state index in [2.05, 4.69) is 290 Å². The Balaban J connectivity index is 0.924. The van der Waals surface area contributed by atoms with E-state index in [0.29, 0.717) is 0 Å². The molecule has 0 amide bonds. The molecule has 0 bridgehead atoms. The lowest BCUT2D eigenvalue weighted by Crippen LogP contribution is -2.44. The maximum absolute atomic E-state index is 2.41. The Hall–Kier alpha value is -8.78. The van der Waals surface area contributed by atoms with Crippen molar-refractivity contribution in [2.75, 3.05) is 4.90 Å². The lowest BCUT2D eigenvalue weighted by Gasteiger charge is -2.49. The Bertz CT molecular complexity index is 3520. The van der Waals surface area contributed by atoms with Crippen LogP contribution in [0.15, 0.2) is 285 Å². The second-order valence-electron chi connectivity index (χ2n) is 18.3. The van der Waals surface area contributed by atoms with Gasteiger partial charge in [0, 0.05) is 17.1 Å². The van der Waals surface area contributed by atoms with Crippen molar-refractivity contribution in [3.05, 3.63) is 330 Å². The first-order chi connectivity index (χ1) is 34.2. The summed E-state index contributed by atoms with van der Waals surface area (Å²) in [6, 6.07) is 105. The van der Waals surface area contributed by atoms with Gasteiger partial charge in [-0.15, -0.1) is 0 Å². The molecule has 2 unspecified atom stereocenters. The van der Waals surface area contributed by atoms with Crippen LogP contribution >= 0.6 is 0 Å². The van der Waals surface area contributed by atoms with E-state index in [0.717, 1.165) is 17.1 Å². The van der Waals surface area contributed by atoms with Crippen molar-refractivity contribution in [2.45, 2.75) is 10.8 Å². The molecule has 0 radical (unpaired) electrons. The van der Waals surface area contributed by atoms with E-state index in [1.54, 1.807) is 0 Å². The van der Waals surface area contributed by atoms with E-state index in [-0.39, 0.29) is 0 Å². The van der Waals surface area contributed by atoms with Crippen molar-refractivity contribution in [3.63, 3.8) is 0 Å². The molecule has 11 aromatic rings. The first-order valence-corrected chi connectivity index (χ1v) is 24.0. The minimum absolute atomic E-state index is 0.470. The third kappa shape index (κ3) is 6.32. The summed E-state index contributed by atoms with van der Waals surface area (Å²) in [6.07, 6.45) is 0. The molecule has 0 aromatic heterocycles. The molecule has 2 atom stereocenters. The predicted octanol–water partition coefficient (Wildman–Crippen LogP) is 17.2. The summed E-state index contributed by atoms with van der Waals surface area (Å²) >= 11 is 0. The maximum Gasteiger partial charge on any atom is 0.0720 e. The molecule has 69 heavy (non-hydrogen) atoms. The Kier molecular flexibility index (Phi) is 9.70. The zero-order chi connectivity index (χ0) is 45.8. The Morgan fingerprint density at radius 1 is 0.203 bits per heavy atom. The van der Waals surface area contributed by atoms with Crippen LogP contribution in [0, 0.1) is 0 Å². The van der Waals surface area contributed by atoms with E-state index in [1.807, 2.05) is 0 Å². The van der Waals surface area contributed by atoms with Crippen LogP contribution in [0.3, 0.4) is 0 Å². The normalized spacial score (nSPS) is 16.2. The molecular formula is C68H47N. The second kappa shape index (κ2) is 16.5. The number of nitrogens with zero attached hydrogens (tertiary/aromatic N) is 1. The van der Waals surface area contributed by atoms with Crippen LogP contribution in [0.4, 0.5) is 17.1 Å². The molecule has 0 N–H and O–H groups in total. The highest BCUT2D eigenvalue weighted by Gasteiger charge is 2.57. The molecule has 0 saturated heterocycles. The fraction of sp³-hybridized carbons (Fsp3) is 0.0294. The standard InChI is InChI=1S/C68H47N/c1-5-18-48(19-6-1)51-34-42-57(43-35-51)69(58-44-36-52(37-45-58)49-20-7-2-8-21-49)59-46-38-53(39-47-59)50-32-40-56(41-33-50)67(54-22-9-3-10-23-54)63-29-15-16-30-64(63)68(55-24-11-4-12-25-55)62-28-14-13-26-60(62)61-27-17-31-65(67)66(61)68/h1-47H. The van der Waals surface area contributed by atoms with Gasteiger partial charge in [-0.1, -0.05) is 249 Å². The largest absolute Gasteiger partial charge is 0.311 e. The van der Waals surface area contributed by atoms with Gasteiger partial charge in [-0.25, -0.2) is 0 Å². The van der Waals surface area contributed by atoms with Crippen molar-refractivity contribution in [2.24, 2.45) is 0 Å². The van der Waals surface area contributed by atoms with Crippen LogP contribution in [0.2, 0.25) is 0 Å². The minimum atomic E-state index is -0.585. The lowest BCUT2D eigenvalue weighted by atomic mass is 9.51. The van der Waals surface area contributed by atoms with Gasteiger partial charge in [0.1, 0.15) is 0 Å². The van der Waals surface area contributed by atoms with Gasteiger partial charge in [-0.05, 0) is 125 Å². The molecule has 0 saturated carbocycles. The molecule has 0 spiro atoms. The average molecular weight is 878 g/mol. The van der Waals surface area contributed by atoms with Crippen LogP contribution in [-0.4, -0.2) is 0 Å². The maximum atomic E-state index is 2.41. The summed E-state index contributed by atoms with van der Waals surface area (Å²) in [5, 5.41) is 0. The number of anilines is 3. The molecule has 324 valence electrons. The van der Waals surface area contributed by atoms with Crippen molar-refractivity contribution in [3.8, 4) is 44.5 Å². The van der Waals surface area contributed by atoms with Gasteiger partial charge in [-0.3, -0.25) is 0 Å². The third-order valence-corrected chi connectivity index (χ3v) is 14.9. The van der Waals surface area contributed by atoms with Crippen LogP contribution < -0.4 is 4.90 Å². The quantitative estimate of drug-likeness (QED) is 0.140. The zero-order valence-electron chi connectivity index (χ0n) is 38.1. The fourth-order valence-corrected chi connectivity index (χ4v) is 11.9. The predicted molar refractivity (Wildman–Crippen MR) is 287 cm³/mol. The number of fused-ring (bicyclic) bond motifs is 5. The first kappa shape index (κ1) is 40.5. The summed E-state index contributed by atoms with van der Waals surface area (Å²) in [5.41, 5.74) is 22.5. The van der Waals surface area contributed by atoms with E-state index < -0.39 is 10.8 Å². The number of hydrogen-bond acceptors (Lipinski definition) is 1. The van der Waals surface area contributed by atoms with E-state index in [4.69, 9.17) is 0 Å². The molecule has 1 nitrogen and oxygen atoms in total. The lowest BCUT2D eigenvalue weighted by molar-refractivity contribution is 0.627. The smallest absolute Gasteiger partial charge is 0.0720 e. The zero-order valence-corrected chi connectivity index (χ0v) is 38.1. The average Bonchev–Trinajstić information content (AvgIpc) is 3.75. The van der Waals surface area contributed by atoms with Gasteiger partial charge in [0.25, 0.3) is 0 Å². The highest BCUT2D eigenvalue weighted by molar-refractivity contribution is 5.92. The van der Waals surface area contributed by atoms with Gasteiger partial charge in [0.15, 0.2) is 0 Å². The van der Waals surface area contributed by atoms with Gasteiger partial charge in [0.2, 0.25) is 0 Å². The van der Waals surface area contributed by atoms with Crippen molar-refractivity contribution < 1.29 is 0 Å². The van der Waals surface area contributed by atoms with Gasteiger partial charge < -0.3 is 4.90 Å². The van der Waals surface area contributed by atoms with Crippen molar-refractivity contribution in [1.82, 2.24) is 0 Å². The minimum Gasteiger partial charge on any atom is -0.311 e. The summed E-state index contributed by atoms with van der Waals surface area (Å²) in [4.78, 5) is 2.35. The van der Waals surface area contributed by atoms with E-state index >= 15 is 0 Å². The summed E-state index contributed by atoms with van der Waals surface area (Å²) < 4.78 is 0. The molecule has 0 aliphatic heterocycles. The molecule has 13 rings (SSSR count). The highest BCUT2D eigenvalue weighted by Crippen LogP contribution is 2.65. The molecule has 1 heteroatoms. The molecule has 0 heterocycles. The summed E-state index contributed by atoms with van der Waals surface area (Å²) in [6.45, 7) is 0. The summed E-state index contributed by atoms with van der Waals surface area (Å²) in [5.74, 6) is 0. The third-order valence-electron chi connectivity index (χ3n) is 14.9. The molecular weight excluding hydrogens is 831 g/mol. The van der Waals surface area contributed by atoms with E-state index in [9.17, 15) is 0 Å². The Morgan fingerprint density at radius 3 is 1.00 bits per heavy atom. The SMILES string of the molecule is c1ccc(-c2ccc(N(c3ccc(-c4ccccc4)cc3)c3ccc(-c4ccc(C5(c6ccccc6)c6ccccc6C6(c7ccccc7)c7ccccc7-c7cccc5c76)cc4)cc3)cc2)cc1. The van der Waals surface area contributed by atoms with Crippen LogP contribution in [-0.2, 0) is 10.8 Å². The van der Waals surface area contributed by atoms with Crippen molar-refractivity contribution >= 4 is 17.1 Å². The Morgan fingerprint density at radius 2 is 0.522 bits per heavy atom. The molecule has 2 aliphatic rings. The summed E-state index contributed by atoms with van der Waals surface area (Å²) in [7, 11) is 0. The van der Waals surface area contributed by atoms with Crippen molar-refractivity contribution in [1.29, 1.82) is 0 Å². The fourth-order valence-electron chi connectivity index (χ4n) is 11.9. The molecule has 2 aliphatic carbocycles. The van der Waals surface area contributed by atoms with Crippen LogP contribution in [0.1, 0.15) is 44.5 Å². The first-order valence-electron chi connectivity index (χ1n) is 24.0. The number of benzene rings is 11. The van der Waals surface area contributed by atoms with Gasteiger partial charge in [0.05, 0.1) is 10.8 Å². The van der Waals surface area contributed by atoms with E-state index in [1.165, 1.54) is 89.0 Å². The Labute approximate surface area is 404 Å². The molecule has 0 fully saturated rings. The topological polar surface area (TPSA) is 3.24 Å². The van der Waals surface area contributed by atoms with Crippen LogP contribution in [0.25, 0.3) is 44.5 Å². The number of rotatable bonds is 9. The van der Waals surface area contributed by atoms with Crippen LogP contribution in [0.5, 0.6) is 0 Å². The van der Waals surface area contributed by atoms with Gasteiger partial charge in [-0.2, -0.15) is 0 Å².